The van der Waals surface area contributed by atoms with Crippen molar-refractivity contribution in [3.05, 3.63) is 69.3 Å². The minimum absolute atomic E-state index is 0.133. The van der Waals surface area contributed by atoms with Crippen LogP contribution in [0, 0.1) is 17.0 Å². The minimum Gasteiger partial charge on any atom is -0.381 e. The van der Waals surface area contributed by atoms with Crippen LogP contribution in [0.4, 0.5) is 11.4 Å². The second-order valence-electron chi connectivity index (χ2n) is 4.63. The van der Waals surface area contributed by atoms with Gasteiger partial charge in [-0.25, -0.2) is 0 Å². The topological polar surface area (TPSA) is 81.2 Å². The van der Waals surface area contributed by atoms with Crippen LogP contribution in [0.2, 0.25) is 0 Å². The molecule has 0 saturated carbocycles. The number of nitro benzene ring substituents is 1. The number of hydrogen-bond donors (Lipinski definition) is 2. The lowest BCUT2D eigenvalue weighted by Gasteiger charge is -2.08. The third kappa shape index (κ3) is 3.33. The highest BCUT2D eigenvalue weighted by atomic mass is 16.6. The molecule has 5 heteroatoms. The van der Waals surface area contributed by atoms with Gasteiger partial charge in [-0.1, -0.05) is 30.3 Å². The summed E-state index contributed by atoms with van der Waals surface area (Å²) in [6.45, 7) is 2.87. The predicted octanol–water partition coefficient (Wildman–Crippen LogP) is 2.97. The van der Waals surface area contributed by atoms with Gasteiger partial charge in [0.2, 0.25) is 0 Å². The maximum atomic E-state index is 10.9. The molecule has 0 aromatic heterocycles. The zero-order valence-electron chi connectivity index (χ0n) is 11.3. The standard InChI is InChI=1S/C15H17N3O2/c1-11-2-7-14(8-15(11)18(19)20)17-10-13-5-3-12(9-16)4-6-13/h2-8,17H,9-10,16H2,1H3. The molecular weight excluding hydrogens is 254 g/mol. The zero-order chi connectivity index (χ0) is 14.5. The molecule has 0 spiro atoms. The Kier molecular flexibility index (Phi) is 4.32. The van der Waals surface area contributed by atoms with Gasteiger partial charge in [0, 0.05) is 30.4 Å². The van der Waals surface area contributed by atoms with Crippen molar-refractivity contribution in [2.45, 2.75) is 20.0 Å². The first-order valence-corrected chi connectivity index (χ1v) is 6.37. The fourth-order valence-corrected chi connectivity index (χ4v) is 1.91. The van der Waals surface area contributed by atoms with Crippen molar-refractivity contribution in [3.8, 4) is 0 Å². The number of benzene rings is 2. The highest BCUT2D eigenvalue weighted by Gasteiger charge is 2.10. The van der Waals surface area contributed by atoms with Crippen LogP contribution >= 0.6 is 0 Å². The first kappa shape index (κ1) is 14.0. The van der Waals surface area contributed by atoms with E-state index in [0.717, 1.165) is 16.8 Å². The molecule has 0 aliphatic rings. The number of anilines is 1. The van der Waals surface area contributed by atoms with Crippen molar-refractivity contribution in [1.29, 1.82) is 0 Å². The van der Waals surface area contributed by atoms with Gasteiger partial charge in [0.25, 0.3) is 5.69 Å². The van der Waals surface area contributed by atoms with E-state index in [-0.39, 0.29) is 10.6 Å². The van der Waals surface area contributed by atoms with E-state index < -0.39 is 0 Å². The fourth-order valence-electron chi connectivity index (χ4n) is 1.91. The Morgan fingerprint density at radius 1 is 1.15 bits per heavy atom. The first-order chi connectivity index (χ1) is 9.60. The average Bonchev–Trinajstić information content (AvgIpc) is 2.46. The van der Waals surface area contributed by atoms with Crippen molar-refractivity contribution in [1.82, 2.24) is 0 Å². The van der Waals surface area contributed by atoms with Gasteiger partial charge in [0.1, 0.15) is 0 Å². The number of hydrogen-bond acceptors (Lipinski definition) is 4. The van der Waals surface area contributed by atoms with Gasteiger partial charge in [-0.3, -0.25) is 10.1 Å². The van der Waals surface area contributed by atoms with Gasteiger partial charge in [-0.15, -0.1) is 0 Å². The van der Waals surface area contributed by atoms with Crippen molar-refractivity contribution in [2.75, 3.05) is 5.32 Å². The number of nitrogens with zero attached hydrogens (tertiary/aromatic N) is 1. The largest absolute Gasteiger partial charge is 0.381 e. The summed E-state index contributed by atoms with van der Waals surface area (Å²) < 4.78 is 0. The number of aryl methyl sites for hydroxylation is 1. The molecule has 2 aromatic rings. The predicted molar refractivity (Wildman–Crippen MR) is 79.5 cm³/mol. The molecule has 0 heterocycles. The molecule has 5 nitrogen and oxygen atoms in total. The maximum Gasteiger partial charge on any atom is 0.274 e. The average molecular weight is 271 g/mol. The van der Waals surface area contributed by atoms with Gasteiger partial charge in [-0.2, -0.15) is 0 Å². The Morgan fingerprint density at radius 2 is 1.80 bits per heavy atom. The lowest BCUT2D eigenvalue weighted by molar-refractivity contribution is -0.385. The monoisotopic (exact) mass is 271 g/mol. The normalized spacial score (nSPS) is 10.3. The summed E-state index contributed by atoms with van der Waals surface area (Å²) in [6.07, 6.45) is 0. The molecule has 3 N–H and O–H groups in total. The van der Waals surface area contributed by atoms with Gasteiger partial charge in [-0.05, 0) is 24.1 Å². The van der Waals surface area contributed by atoms with E-state index in [9.17, 15) is 10.1 Å². The molecule has 0 saturated heterocycles. The fraction of sp³-hybridized carbons (Fsp3) is 0.200. The molecule has 0 aliphatic carbocycles. The molecule has 2 aromatic carbocycles. The summed E-state index contributed by atoms with van der Waals surface area (Å²) in [5.41, 5.74) is 9.26. The molecule has 0 radical (unpaired) electrons. The van der Waals surface area contributed by atoms with E-state index in [1.807, 2.05) is 30.3 Å². The Balaban J connectivity index is 2.06. The highest BCUT2D eigenvalue weighted by Crippen LogP contribution is 2.22. The summed E-state index contributed by atoms with van der Waals surface area (Å²) in [5, 5.41) is 14.1. The Labute approximate surface area is 117 Å². The van der Waals surface area contributed by atoms with Crippen LogP contribution in [0.25, 0.3) is 0 Å². The van der Waals surface area contributed by atoms with Crippen LogP contribution in [-0.2, 0) is 13.1 Å². The van der Waals surface area contributed by atoms with E-state index in [1.165, 1.54) is 0 Å². The smallest absolute Gasteiger partial charge is 0.274 e. The number of nitro groups is 1. The molecule has 20 heavy (non-hydrogen) atoms. The van der Waals surface area contributed by atoms with E-state index in [1.54, 1.807) is 19.1 Å². The minimum atomic E-state index is -0.365. The summed E-state index contributed by atoms with van der Waals surface area (Å²) >= 11 is 0. The van der Waals surface area contributed by atoms with E-state index in [0.29, 0.717) is 18.7 Å². The summed E-state index contributed by atoms with van der Waals surface area (Å²) in [6, 6.07) is 13.1. The van der Waals surface area contributed by atoms with Crippen molar-refractivity contribution in [2.24, 2.45) is 5.73 Å². The van der Waals surface area contributed by atoms with Crippen LogP contribution in [0.15, 0.2) is 42.5 Å². The van der Waals surface area contributed by atoms with E-state index in [2.05, 4.69) is 5.32 Å². The molecule has 0 amide bonds. The van der Waals surface area contributed by atoms with E-state index >= 15 is 0 Å². The Hall–Kier alpha value is -2.40. The van der Waals surface area contributed by atoms with Crippen LogP contribution in [0.3, 0.4) is 0 Å². The Bertz CT molecular complexity index is 609. The quantitative estimate of drug-likeness (QED) is 0.647. The lowest BCUT2D eigenvalue weighted by atomic mass is 10.1. The summed E-state index contributed by atoms with van der Waals surface area (Å²) in [4.78, 5) is 10.5. The highest BCUT2D eigenvalue weighted by molar-refractivity contribution is 5.55. The van der Waals surface area contributed by atoms with E-state index in [4.69, 9.17) is 5.73 Å². The summed E-state index contributed by atoms with van der Waals surface area (Å²) in [5.74, 6) is 0. The summed E-state index contributed by atoms with van der Waals surface area (Å²) in [7, 11) is 0. The SMILES string of the molecule is Cc1ccc(NCc2ccc(CN)cc2)cc1[N+](=O)[O-]. The maximum absolute atomic E-state index is 10.9. The number of nitrogens with two attached hydrogens (primary N) is 1. The van der Waals surface area contributed by atoms with Crippen LogP contribution in [0.1, 0.15) is 16.7 Å². The number of rotatable bonds is 5. The molecule has 2 rings (SSSR count). The molecule has 0 unspecified atom stereocenters. The zero-order valence-corrected chi connectivity index (χ0v) is 11.3. The van der Waals surface area contributed by atoms with Crippen LogP contribution in [0.5, 0.6) is 0 Å². The van der Waals surface area contributed by atoms with Gasteiger partial charge in [0.15, 0.2) is 0 Å². The van der Waals surface area contributed by atoms with Crippen LogP contribution < -0.4 is 11.1 Å². The van der Waals surface area contributed by atoms with Gasteiger partial charge < -0.3 is 11.1 Å². The van der Waals surface area contributed by atoms with Crippen molar-refractivity contribution >= 4 is 11.4 Å². The third-order valence-electron chi connectivity index (χ3n) is 3.16. The second-order valence-corrected chi connectivity index (χ2v) is 4.63. The lowest BCUT2D eigenvalue weighted by Crippen LogP contribution is -2.02. The second kappa shape index (κ2) is 6.16. The number of nitrogens with one attached hydrogen (secondary N) is 1. The first-order valence-electron chi connectivity index (χ1n) is 6.37. The molecule has 0 bridgehead atoms. The van der Waals surface area contributed by atoms with Crippen LogP contribution in [-0.4, -0.2) is 4.92 Å². The van der Waals surface area contributed by atoms with Gasteiger partial charge in [0.05, 0.1) is 4.92 Å². The molecule has 0 fully saturated rings. The Morgan fingerprint density at radius 3 is 2.40 bits per heavy atom. The van der Waals surface area contributed by atoms with Gasteiger partial charge >= 0.3 is 0 Å². The molecule has 104 valence electrons. The van der Waals surface area contributed by atoms with Crippen molar-refractivity contribution < 1.29 is 4.92 Å². The molecular formula is C15H17N3O2. The molecule has 0 aliphatic heterocycles. The molecule has 0 atom stereocenters. The van der Waals surface area contributed by atoms with Crippen molar-refractivity contribution in [3.63, 3.8) is 0 Å². The third-order valence-corrected chi connectivity index (χ3v) is 3.16.